The molecule has 1 aliphatic rings. The number of rotatable bonds is 6. The average molecular weight is 481 g/mol. The van der Waals surface area contributed by atoms with Crippen LogP contribution in [0.2, 0.25) is 0 Å². The molecule has 0 aromatic heterocycles. The molecular formula is C30H32N4O2. The zero-order valence-corrected chi connectivity index (χ0v) is 22.0. The lowest BCUT2D eigenvalue weighted by molar-refractivity contribution is -0.118. The number of benzene rings is 3. The van der Waals surface area contributed by atoms with E-state index in [1.165, 1.54) is 4.90 Å². The normalized spacial score (nSPS) is 14.6. The Bertz CT molecular complexity index is 1340. The van der Waals surface area contributed by atoms with Crippen LogP contribution in [0, 0.1) is 18.4 Å². The van der Waals surface area contributed by atoms with Crippen LogP contribution in [0.1, 0.15) is 57.6 Å². The number of carbonyl (C=O) groups excluding carboxylic acids is 2. The van der Waals surface area contributed by atoms with Crippen molar-refractivity contribution < 1.29 is 9.59 Å². The Morgan fingerprint density at radius 3 is 1.69 bits per heavy atom. The van der Waals surface area contributed by atoms with Gasteiger partial charge >= 0.3 is 0 Å². The topological polar surface area (TPSA) is 67.6 Å². The van der Waals surface area contributed by atoms with Gasteiger partial charge in [0.15, 0.2) is 6.19 Å². The molecule has 3 aromatic rings. The predicted octanol–water partition coefficient (Wildman–Crippen LogP) is 4.81. The van der Waals surface area contributed by atoms with Crippen LogP contribution in [-0.4, -0.2) is 45.8 Å². The SMILES string of the molecule is Cc1ccc(C=O)cc1C1(N(C#N)C=O)c2ccc(N(C)C)cc2C(C)(C)c2cc(N(C)C)ccc21. The van der Waals surface area contributed by atoms with Gasteiger partial charge in [0.1, 0.15) is 11.8 Å². The Morgan fingerprint density at radius 1 is 0.750 bits per heavy atom. The molecule has 0 bridgehead atoms. The summed E-state index contributed by atoms with van der Waals surface area (Å²) in [5.41, 5.74) is 6.23. The maximum atomic E-state index is 12.6. The summed E-state index contributed by atoms with van der Waals surface area (Å²) >= 11 is 0. The Labute approximate surface area is 213 Å². The van der Waals surface area contributed by atoms with Crippen LogP contribution in [0.4, 0.5) is 11.4 Å². The van der Waals surface area contributed by atoms with Crippen molar-refractivity contribution in [3.05, 3.63) is 93.5 Å². The number of hydrogen-bond donors (Lipinski definition) is 0. The fourth-order valence-electron chi connectivity index (χ4n) is 5.54. The fourth-order valence-corrected chi connectivity index (χ4v) is 5.54. The van der Waals surface area contributed by atoms with E-state index in [2.05, 4.69) is 32.2 Å². The van der Waals surface area contributed by atoms with Gasteiger partial charge in [-0.15, -0.1) is 0 Å². The highest BCUT2D eigenvalue weighted by Gasteiger charge is 2.52. The summed E-state index contributed by atoms with van der Waals surface area (Å²) in [6, 6.07) is 17.8. The molecule has 0 saturated heterocycles. The van der Waals surface area contributed by atoms with Gasteiger partial charge in [0.2, 0.25) is 6.41 Å². The van der Waals surface area contributed by atoms with Crippen molar-refractivity contribution in [1.29, 1.82) is 5.26 Å². The first-order chi connectivity index (χ1) is 17.0. The summed E-state index contributed by atoms with van der Waals surface area (Å²) in [4.78, 5) is 29.8. The zero-order valence-electron chi connectivity index (χ0n) is 22.0. The van der Waals surface area contributed by atoms with E-state index in [1.807, 2.05) is 81.3 Å². The molecule has 6 nitrogen and oxygen atoms in total. The first-order valence-corrected chi connectivity index (χ1v) is 11.9. The maximum absolute atomic E-state index is 12.6. The Morgan fingerprint density at radius 2 is 1.28 bits per heavy atom. The highest BCUT2D eigenvalue weighted by atomic mass is 16.1. The number of nitriles is 1. The van der Waals surface area contributed by atoms with Gasteiger partial charge in [-0.3, -0.25) is 9.59 Å². The highest BCUT2D eigenvalue weighted by Crippen LogP contribution is 2.55. The van der Waals surface area contributed by atoms with Crippen molar-refractivity contribution in [2.45, 2.75) is 31.7 Å². The third kappa shape index (κ3) is 3.46. The second-order valence-corrected chi connectivity index (χ2v) is 10.4. The van der Waals surface area contributed by atoms with Crippen molar-refractivity contribution in [3.8, 4) is 6.19 Å². The van der Waals surface area contributed by atoms with Crippen molar-refractivity contribution in [2.24, 2.45) is 0 Å². The number of aldehydes is 1. The maximum Gasteiger partial charge on any atom is 0.224 e. The first kappa shape index (κ1) is 25.0. The third-order valence-electron chi connectivity index (χ3n) is 7.53. The molecule has 1 amide bonds. The van der Waals surface area contributed by atoms with Crippen LogP contribution in [0.5, 0.6) is 0 Å². The van der Waals surface area contributed by atoms with Crippen LogP contribution in [0.15, 0.2) is 54.6 Å². The summed E-state index contributed by atoms with van der Waals surface area (Å²) in [5, 5.41) is 10.3. The third-order valence-corrected chi connectivity index (χ3v) is 7.53. The quantitative estimate of drug-likeness (QED) is 0.288. The van der Waals surface area contributed by atoms with E-state index in [1.54, 1.807) is 6.07 Å². The lowest BCUT2D eigenvalue weighted by Gasteiger charge is -2.50. The highest BCUT2D eigenvalue weighted by molar-refractivity contribution is 5.78. The molecule has 1 aliphatic carbocycles. The molecule has 36 heavy (non-hydrogen) atoms. The predicted molar refractivity (Wildman–Crippen MR) is 144 cm³/mol. The van der Waals surface area contributed by atoms with Crippen LogP contribution < -0.4 is 9.80 Å². The van der Waals surface area contributed by atoms with Gasteiger partial charge in [-0.25, -0.2) is 4.90 Å². The van der Waals surface area contributed by atoms with Crippen molar-refractivity contribution in [2.75, 3.05) is 38.0 Å². The lowest BCUT2D eigenvalue weighted by atomic mass is 9.59. The molecule has 184 valence electrons. The smallest absolute Gasteiger partial charge is 0.224 e. The number of amides is 1. The average Bonchev–Trinajstić information content (AvgIpc) is 2.86. The fraction of sp³-hybridized carbons (Fsp3) is 0.300. The van der Waals surface area contributed by atoms with E-state index in [9.17, 15) is 14.9 Å². The minimum Gasteiger partial charge on any atom is -0.378 e. The second kappa shape index (κ2) is 8.83. The van der Waals surface area contributed by atoms with Gasteiger partial charge in [-0.2, -0.15) is 5.26 Å². The van der Waals surface area contributed by atoms with Gasteiger partial charge in [0.05, 0.1) is 0 Å². The summed E-state index contributed by atoms with van der Waals surface area (Å²) in [7, 11) is 7.97. The molecule has 6 heteroatoms. The monoisotopic (exact) mass is 480 g/mol. The summed E-state index contributed by atoms with van der Waals surface area (Å²) in [6.45, 7) is 6.31. The van der Waals surface area contributed by atoms with Gasteiger partial charge in [-0.1, -0.05) is 38.1 Å². The first-order valence-electron chi connectivity index (χ1n) is 11.9. The van der Waals surface area contributed by atoms with E-state index in [-0.39, 0.29) is 0 Å². The number of anilines is 2. The molecule has 3 aromatic carbocycles. The molecule has 0 N–H and O–H groups in total. The minimum absolute atomic E-state index is 0.424. The molecule has 0 aliphatic heterocycles. The van der Waals surface area contributed by atoms with Crippen molar-refractivity contribution in [3.63, 3.8) is 0 Å². The van der Waals surface area contributed by atoms with Crippen LogP contribution in [0.25, 0.3) is 0 Å². The summed E-state index contributed by atoms with van der Waals surface area (Å²) < 4.78 is 0. The molecule has 0 spiro atoms. The summed E-state index contributed by atoms with van der Waals surface area (Å²) in [5.74, 6) is 0. The molecule has 0 fully saturated rings. The standard InChI is InChI=1S/C30H32N4O2/c1-20-8-9-21(17-35)14-26(20)30(34(18-31)19-36)24-12-10-22(32(4)5)15-27(24)29(2,3)28-16-23(33(6)7)11-13-25(28)30/h8-17,19H,1-7H3. The zero-order chi connectivity index (χ0) is 26.4. The van der Waals surface area contributed by atoms with E-state index < -0.39 is 11.0 Å². The largest absolute Gasteiger partial charge is 0.378 e. The molecule has 0 saturated carbocycles. The van der Waals surface area contributed by atoms with Gasteiger partial charge < -0.3 is 9.80 Å². The van der Waals surface area contributed by atoms with E-state index >= 15 is 0 Å². The molecule has 0 radical (unpaired) electrons. The Kier molecular flexibility index (Phi) is 6.13. The van der Waals surface area contributed by atoms with Crippen LogP contribution >= 0.6 is 0 Å². The summed E-state index contributed by atoms with van der Waals surface area (Å²) in [6.07, 6.45) is 3.56. The molecule has 0 unspecified atom stereocenters. The second-order valence-electron chi connectivity index (χ2n) is 10.4. The van der Waals surface area contributed by atoms with Gasteiger partial charge in [0, 0.05) is 50.5 Å². The lowest BCUT2D eigenvalue weighted by Crippen LogP contribution is -2.51. The number of hydrogen-bond acceptors (Lipinski definition) is 5. The molecular weight excluding hydrogens is 448 g/mol. The Balaban J connectivity index is 2.29. The Hall–Kier alpha value is -4.11. The van der Waals surface area contributed by atoms with E-state index in [0.29, 0.717) is 12.0 Å². The number of carbonyl (C=O) groups is 2. The molecule has 0 atom stereocenters. The van der Waals surface area contributed by atoms with Crippen LogP contribution in [0.3, 0.4) is 0 Å². The molecule has 0 heterocycles. The van der Waals surface area contributed by atoms with E-state index in [0.717, 1.165) is 51.0 Å². The van der Waals surface area contributed by atoms with Gasteiger partial charge in [0.25, 0.3) is 0 Å². The number of fused-ring (bicyclic) bond motifs is 2. The van der Waals surface area contributed by atoms with E-state index in [4.69, 9.17) is 0 Å². The molecule has 4 rings (SSSR count). The number of nitrogens with zero attached hydrogens (tertiary/aromatic N) is 4. The minimum atomic E-state index is -1.24. The van der Waals surface area contributed by atoms with Crippen LogP contribution in [-0.2, 0) is 15.7 Å². The van der Waals surface area contributed by atoms with Gasteiger partial charge in [-0.05, 0) is 70.6 Å². The van der Waals surface area contributed by atoms with Crippen molar-refractivity contribution in [1.82, 2.24) is 4.90 Å². The van der Waals surface area contributed by atoms with Crippen molar-refractivity contribution >= 4 is 24.1 Å². The number of aryl methyl sites for hydroxylation is 1.